The second-order valence-corrected chi connectivity index (χ2v) is 4.45. The molecule has 0 fully saturated rings. The van der Waals surface area contributed by atoms with Gasteiger partial charge in [-0.1, -0.05) is 29.0 Å². The van der Waals surface area contributed by atoms with E-state index in [1.807, 2.05) is 19.1 Å². The molecule has 1 aromatic carbocycles. The van der Waals surface area contributed by atoms with Crippen LogP contribution in [-0.2, 0) is 0 Å². The van der Waals surface area contributed by atoms with Gasteiger partial charge in [0.1, 0.15) is 10.0 Å². The van der Waals surface area contributed by atoms with Crippen LogP contribution in [0.1, 0.15) is 5.01 Å². The van der Waals surface area contributed by atoms with Crippen LogP contribution in [-0.4, -0.2) is 10.2 Å². The molecular weight excluding hydrogens is 218 g/mol. The number of nitrogens with zero attached hydrogens (tertiary/aromatic N) is 2. The summed E-state index contributed by atoms with van der Waals surface area (Å²) in [5.74, 6) is 0. The minimum Gasteiger partial charge on any atom is -0.398 e. The lowest BCUT2D eigenvalue weighted by molar-refractivity contribution is 1.05. The SMILES string of the molecule is Cc1nnc(-c2ccc(Cl)c(N)c2)s1. The van der Waals surface area contributed by atoms with Gasteiger partial charge in [-0.05, 0) is 19.1 Å². The van der Waals surface area contributed by atoms with E-state index < -0.39 is 0 Å². The fourth-order valence-electron chi connectivity index (χ4n) is 1.09. The average Bonchev–Trinajstić information content (AvgIpc) is 2.57. The molecule has 1 heterocycles. The normalized spacial score (nSPS) is 10.4. The minimum atomic E-state index is 0.565. The van der Waals surface area contributed by atoms with Gasteiger partial charge in [-0.15, -0.1) is 10.2 Å². The maximum absolute atomic E-state index is 5.82. The quantitative estimate of drug-likeness (QED) is 0.760. The number of halogens is 1. The predicted molar refractivity (Wildman–Crippen MR) is 59.5 cm³/mol. The van der Waals surface area contributed by atoms with Gasteiger partial charge < -0.3 is 5.73 Å². The number of anilines is 1. The highest BCUT2D eigenvalue weighted by Gasteiger charge is 2.05. The summed E-state index contributed by atoms with van der Waals surface area (Å²) >= 11 is 7.35. The Labute approximate surface area is 90.5 Å². The van der Waals surface area contributed by atoms with Crippen LogP contribution in [0.15, 0.2) is 18.2 Å². The van der Waals surface area contributed by atoms with Crippen molar-refractivity contribution in [2.45, 2.75) is 6.92 Å². The number of benzene rings is 1. The van der Waals surface area contributed by atoms with Crippen LogP contribution in [0.3, 0.4) is 0 Å². The van der Waals surface area contributed by atoms with E-state index in [-0.39, 0.29) is 0 Å². The predicted octanol–water partition coefficient (Wildman–Crippen LogP) is 2.75. The first-order valence-corrected chi connectivity index (χ1v) is 5.22. The Bertz CT molecular complexity index is 467. The zero-order chi connectivity index (χ0) is 10.1. The third-order valence-corrected chi connectivity index (χ3v) is 3.00. The van der Waals surface area contributed by atoms with Gasteiger partial charge in [0.2, 0.25) is 0 Å². The van der Waals surface area contributed by atoms with Crippen LogP contribution in [0, 0.1) is 6.92 Å². The molecule has 0 unspecified atom stereocenters. The standard InChI is InChI=1S/C9H8ClN3S/c1-5-12-13-9(14-5)6-2-3-7(10)8(11)4-6/h2-4H,11H2,1H3. The second kappa shape index (κ2) is 3.55. The van der Waals surface area contributed by atoms with E-state index in [4.69, 9.17) is 17.3 Å². The molecule has 2 rings (SSSR count). The molecule has 0 saturated heterocycles. The third kappa shape index (κ3) is 1.71. The van der Waals surface area contributed by atoms with Gasteiger partial charge in [0.15, 0.2) is 0 Å². The van der Waals surface area contributed by atoms with E-state index in [0.29, 0.717) is 10.7 Å². The lowest BCUT2D eigenvalue weighted by Gasteiger charge is -1.99. The van der Waals surface area contributed by atoms with E-state index in [9.17, 15) is 0 Å². The Morgan fingerprint density at radius 1 is 1.36 bits per heavy atom. The summed E-state index contributed by atoms with van der Waals surface area (Å²) in [6, 6.07) is 5.46. The van der Waals surface area contributed by atoms with E-state index in [2.05, 4.69) is 10.2 Å². The maximum Gasteiger partial charge on any atom is 0.147 e. The summed E-state index contributed by atoms with van der Waals surface area (Å²) in [5, 5.41) is 10.3. The number of hydrogen-bond acceptors (Lipinski definition) is 4. The van der Waals surface area contributed by atoms with Crippen molar-refractivity contribution in [3.05, 3.63) is 28.2 Å². The topological polar surface area (TPSA) is 51.8 Å². The molecule has 0 atom stereocenters. The van der Waals surface area contributed by atoms with Gasteiger partial charge in [0.05, 0.1) is 10.7 Å². The zero-order valence-electron chi connectivity index (χ0n) is 7.49. The van der Waals surface area contributed by atoms with Crippen molar-refractivity contribution < 1.29 is 0 Å². The summed E-state index contributed by atoms with van der Waals surface area (Å²) < 4.78 is 0. The van der Waals surface area contributed by atoms with Crippen molar-refractivity contribution >= 4 is 28.6 Å². The lowest BCUT2D eigenvalue weighted by Crippen LogP contribution is -1.86. The summed E-state index contributed by atoms with van der Waals surface area (Å²) in [6.45, 7) is 1.92. The molecule has 0 spiro atoms. The highest BCUT2D eigenvalue weighted by molar-refractivity contribution is 7.14. The summed E-state index contributed by atoms with van der Waals surface area (Å²) in [7, 11) is 0. The highest BCUT2D eigenvalue weighted by atomic mass is 35.5. The number of nitrogens with two attached hydrogens (primary N) is 1. The average molecular weight is 226 g/mol. The molecule has 0 aliphatic rings. The van der Waals surface area contributed by atoms with Crippen LogP contribution < -0.4 is 5.73 Å². The van der Waals surface area contributed by atoms with Crippen LogP contribution in [0.2, 0.25) is 5.02 Å². The molecule has 2 aromatic rings. The maximum atomic E-state index is 5.82. The Balaban J connectivity index is 2.47. The van der Waals surface area contributed by atoms with Crippen LogP contribution in [0.5, 0.6) is 0 Å². The zero-order valence-corrected chi connectivity index (χ0v) is 9.06. The van der Waals surface area contributed by atoms with E-state index in [1.165, 1.54) is 11.3 Å². The van der Waals surface area contributed by atoms with Gasteiger partial charge >= 0.3 is 0 Å². The molecule has 0 aliphatic heterocycles. The Hall–Kier alpha value is -1.13. The Kier molecular flexibility index (Phi) is 2.39. The number of nitrogen functional groups attached to an aromatic ring is 1. The highest BCUT2D eigenvalue weighted by Crippen LogP contribution is 2.28. The largest absolute Gasteiger partial charge is 0.398 e. The van der Waals surface area contributed by atoms with Crippen LogP contribution in [0.25, 0.3) is 10.6 Å². The van der Waals surface area contributed by atoms with Crippen LogP contribution in [0.4, 0.5) is 5.69 Å². The molecule has 1 aromatic heterocycles. The molecule has 0 aliphatic carbocycles. The van der Waals surface area contributed by atoms with Gasteiger partial charge in [-0.2, -0.15) is 0 Å². The van der Waals surface area contributed by atoms with Gasteiger partial charge in [-0.3, -0.25) is 0 Å². The molecule has 0 saturated carbocycles. The van der Waals surface area contributed by atoms with Crippen LogP contribution >= 0.6 is 22.9 Å². The van der Waals surface area contributed by atoms with E-state index in [0.717, 1.165) is 15.6 Å². The number of hydrogen-bond donors (Lipinski definition) is 1. The monoisotopic (exact) mass is 225 g/mol. The summed E-state index contributed by atoms with van der Waals surface area (Å²) in [4.78, 5) is 0. The first-order valence-electron chi connectivity index (χ1n) is 4.02. The fourth-order valence-corrected chi connectivity index (χ4v) is 1.90. The lowest BCUT2D eigenvalue weighted by atomic mass is 10.2. The van der Waals surface area contributed by atoms with Crippen molar-refractivity contribution in [2.75, 3.05) is 5.73 Å². The Morgan fingerprint density at radius 3 is 2.71 bits per heavy atom. The number of rotatable bonds is 1. The van der Waals surface area contributed by atoms with Crippen molar-refractivity contribution in [2.24, 2.45) is 0 Å². The van der Waals surface area contributed by atoms with Crippen molar-refractivity contribution in [3.8, 4) is 10.6 Å². The van der Waals surface area contributed by atoms with E-state index in [1.54, 1.807) is 6.07 Å². The minimum absolute atomic E-state index is 0.565. The number of aryl methyl sites for hydroxylation is 1. The molecule has 5 heteroatoms. The van der Waals surface area contributed by atoms with Crippen molar-refractivity contribution in [3.63, 3.8) is 0 Å². The third-order valence-electron chi connectivity index (χ3n) is 1.77. The fraction of sp³-hybridized carbons (Fsp3) is 0.111. The second-order valence-electron chi connectivity index (χ2n) is 2.86. The first kappa shape index (κ1) is 9.43. The molecule has 0 radical (unpaired) electrons. The van der Waals surface area contributed by atoms with Gasteiger partial charge in [0.25, 0.3) is 0 Å². The molecule has 3 nitrogen and oxygen atoms in total. The van der Waals surface area contributed by atoms with Gasteiger partial charge in [0, 0.05) is 5.56 Å². The molecule has 0 bridgehead atoms. The molecule has 2 N–H and O–H groups in total. The van der Waals surface area contributed by atoms with E-state index >= 15 is 0 Å². The molecular formula is C9H8ClN3S. The summed E-state index contributed by atoms with van der Waals surface area (Å²) in [6.07, 6.45) is 0. The van der Waals surface area contributed by atoms with Crippen molar-refractivity contribution in [1.29, 1.82) is 0 Å². The first-order chi connectivity index (χ1) is 6.66. The van der Waals surface area contributed by atoms with Crippen molar-refractivity contribution in [1.82, 2.24) is 10.2 Å². The Morgan fingerprint density at radius 2 is 2.14 bits per heavy atom. The summed E-state index contributed by atoms with van der Waals surface area (Å²) in [5.41, 5.74) is 7.21. The molecule has 14 heavy (non-hydrogen) atoms. The molecule has 0 amide bonds. The number of aromatic nitrogens is 2. The molecule has 72 valence electrons. The smallest absolute Gasteiger partial charge is 0.147 e. The van der Waals surface area contributed by atoms with Gasteiger partial charge in [-0.25, -0.2) is 0 Å².